The van der Waals surface area contributed by atoms with E-state index in [0.717, 1.165) is 18.9 Å². The number of halogens is 4. The van der Waals surface area contributed by atoms with Crippen LogP contribution in [0.1, 0.15) is 32.3 Å². The number of anilines is 1. The first-order valence-corrected chi connectivity index (χ1v) is 12.0. The maximum absolute atomic E-state index is 13.9. The zero-order valence-electron chi connectivity index (χ0n) is 17.3. The normalized spacial score (nSPS) is 26.9. The van der Waals surface area contributed by atoms with Crippen LogP contribution in [0.25, 0.3) is 10.9 Å². The van der Waals surface area contributed by atoms with Crippen molar-refractivity contribution in [1.82, 2.24) is 14.9 Å². The van der Waals surface area contributed by atoms with Gasteiger partial charge in [0, 0.05) is 42.9 Å². The SMILES string of the molecule is C[C@@H]1CN(c2nc(=O)n3c4c(c(Cl)c(C(F)(F)F)cc24)SC[C@@H](C2CC2)C3)C[C@H](C)N1. The van der Waals surface area contributed by atoms with Crippen LogP contribution in [0.15, 0.2) is 15.8 Å². The van der Waals surface area contributed by atoms with Crippen LogP contribution < -0.4 is 15.9 Å². The van der Waals surface area contributed by atoms with Gasteiger partial charge in [-0.1, -0.05) is 11.6 Å². The molecule has 0 unspecified atom stereocenters. The van der Waals surface area contributed by atoms with Crippen molar-refractivity contribution in [3.63, 3.8) is 0 Å². The first kappa shape index (κ1) is 21.4. The summed E-state index contributed by atoms with van der Waals surface area (Å²) in [4.78, 5) is 19.8. The highest BCUT2D eigenvalue weighted by molar-refractivity contribution is 7.99. The van der Waals surface area contributed by atoms with Gasteiger partial charge in [0.1, 0.15) is 5.82 Å². The molecule has 5 nitrogen and oxygen atoms in total. The Hall–Kier alpha value is -1.45. The lowest BCUT2D eigenvalue weighted by Gasteiger charge is -2.37. The van der Waals surface area contributed by atoms with Crippen molar-refractivity contribution in [2.24, 2.45) is 11.8 Å². The average Bonchev–Trinajstić information content (AvgIpc) is 3.50. The molecule has 1 N–H and O–H groups in total. The number of aromatic nitrogens is 2. The lowest BCUT2D eigenvalue weighted by molar-refractivity contribution is -0.137. The summed E-state index contributed by atoms with van der Waals surface area (Å²) in [6.45, 7) is 5.63. The van der Waals surface area contributed by atoms with Gasteiger partial charge in [0.25, 0.3) is 0 Å². The molecule has 0 bridgehead atoms. The van der Waals surface area contributed by atoms with E-state index < -0.39 is 17.4 Å². The van der Waals surface area contributed by atoms with E-state index in [9.17, 15) is 18.0 Å². The third-order valence-electron chi connectivity index (χ3n) is 6.45. The van der Waals surface area contributed by atoms with Crippen LogP contribution in [0.5, 0.6) is 0 Å². The standard InChI is InChI=1S/C21H24ClF3N4OS/c1-10-6-28(7-11(2)26-10)19-14-5-15(21(23,24)25)16(22)18-17(14)29(20(30)27-19)8-13(9-31-18)12-3-4-12/h5,10-13,26H,3-4,6-9H2,1-2H3/t10-,11+,13-/m0/s1. The molecule has 2 aromatic rings. The fraction of sp³-hybridized carbons (Fsp3) is 0.619. The van der Waals surface area contributed by atoms with Crippen molar-refractivity contribution < 1.29 is 13.2 Å². The van der Waals surface area contributed by atoms with Gasteiger partial charge in [-0.2, -0.15) is 18.2 Å². The van der Waals surface area contributed by atoms with Crippen LogP contribution in [-0.2, 0) is 12.7 Å². The number of piperazine rings is 1. The van der Waals surface area contributed by atoms with Crippen molar-refractivity contribution in [3.05, 3.63) is 27.1 Å². The molecule has 1 aromatic carbocycles. The highest BCUT2D eigenvalue weighted by Gasteiger charge is 2.39. The molecule has 1 saturated carbocycles. The Morgan fingerprint density at radius 2 is 1.84 bits per heavy atom. The van der Waals surface area contributed by atoms with Crippen molar-refractivity contribution >= 4 is 40.1 Å². The predicted octanol–water partition coefficient (Wildman–Crippen LogP) is 4.39. The molecule has 1 saturated heterocycles. The van der Waals surface area contributed by atoms with Gasteiger partial charge in [-0.3, -0.25) is 4.57 Å². The van der Waals surface area contributed by atoms with Crippen LogP contribution in [-0.4, -0.2) is 40.5 Å². The summed E-state index contributed by atoms with van der Waals surface area (Å²) in [7, 11) is 0. The number of alkyl halides is 3. The fourth-order valence-electron chi connectivity index (χ4n) is 4.95. The number of hydrogen-bond acceptors (Lipinski definition) is 5. The minimum absolute atomic E-state index is 0.126. The molecule has 3 heterocycles. The Kier molecular flexibility index (Phi) is 5.22. The second-order valence-electron chi connectivity index (χ2n) is 9.07. The summed E-state index contributed by atoms with van der Waals surface area (Å²) in [6.07, 6.45) is -2.39. The molecular formula is C21H24ClF3N4OS. The first-order valence-electron chi connectivity index (χ1n) is 10.6. The van der Waals surface area contributed by atoms with Crippen LogP contribution in [0, 0.1) is 11.8 Å². The Balaban J connectivity index is 1.78. The van der Waals surface area contributed by atoms with E-state index in [2.05, 4.69) is 10.3 Å². The van der Waals surface area contributed by atoms with Crippen LogP contribution in [0.3, 0.4) is 0 Å². The van der Waals surface area contributed by atoms with Crippen LogP contribution in [0.2, 0.25) is 5.02 Å². The Morgan fingerprint density at radius 3 is 2.45 bits per heavy atom. The van der Waals surface area contributed by atoms with Gasteiger partial charge >= 0.3 is 11.9 Å². The highest BCUT2D eigenvalue weighted by Crippen LogP contribution is 2.49. The number of nitrogens with zero attached hydrogens (tertiary/aromatic N) is 3. The minimum atomic E-state index is -4.59. The smallest absolute Gasteiger partial charge is 0.353 e. The quantitative estimate of drug-likeness (QED) is 0.702. The van der Waals surface area contributed by atoms with Gasteiger partial charge in [0.2, 0.25) is 0 Å². The molecule has 0 amide bonds. The van der Waals surface area contributed by atoms with E-state index in [0.29, 0.717) is 52.9 Å². The summed E-state index contributed by atoms with van der Waals surface area (Å²) in [6, 6.07) is 1.34. The van der Waals surface area contributed by atoms with E-state index in [-0.39, 0.29) is 23.0 Å². The second kappa shape index (κ2) is 7.56. The molecule has 3 atom stereocenters. The minimum Gasteiger partial charge on any atom is -0.353 e. The fourth-order valence-corrected chi connectivity index (χ4v) is 6.72. The summed E-state index contributed by atoms with van der Waals surface area (Å²) < 4.78 is 43.3. The number of rotatable bonds is 2. The largest absolute Gasteiger partial charge is 0.417 e. The summed E-state index contributed by atoms with van der Waals surface area (Å²) in [5.74, 6) is 1.72. The van der Waals surface area contributed by atoms with Gasteiger partial charge in [0.15, 0.2) is 0 Å². The van der Waals surface area contributed by atoms with E-state index in [1.807, 2.05) is 18.7 Å². The first-order chi connectivity index (χ1) is 14.6. The third-order valence-corrected chi connectivity index (χ3v) is 8.23. The zero-order chi connectivity index (χ0) is 22.1. The molecule has 0 radical (unpaired) electrons. The van der Waals surface area contributed by atoms with Gasteiger partial charge in [0.05, 0.1) is 21.0 Å². The monoisotopic (exact) mass is 472 g/mol. The Morgan fingerprint density at radius 1 is 1.16 bits per heavy atom. The molecule has 10 heteroatoms. The van der Waals surface area contributed by atoms with Gasteiger partial charge in [-0.05, 0) is 44.6 Å². The summed E-state index contributed by atoms with van der Waals surface area (Å²) in [5, 5.41) is 3.46. The summed E-state index contributed by atoms with van der Waals surface area (Å²) >= 11 is 7.68. The summed E-state index contributed by atoms with van der Waals surface area (Å²) in [5.41, 5.74) is -0.773. The predicted molar refractivity (Wildman–Crippen MR) is 117 cm³/mol. The third kappa shape index (κ3) is 3.82. The van der Waals surface area contributed by atoms with E-state index >= 15 is 0 Å². The Labute approximate surface area is 187 Å². The molecular weight excluding hydrogens is 449 g/mol. The van der Waals surface area contributed by atoms with E-state index in [1.165, 1.54) is 11.8 Å². The maximum Gasteiger partial charge on any atom is 0.417 e. The van der Waals surface area contributed by atoms with Crippen molar-refractivity contribution in [2.75, 3.05) is 23.7 Å². The Bertz CT molecular complexity index is 1090. The second-order valence-corrected chi connectivity index (χ2v) is 10.5. The van der Waals surface area contributed by atoms with Gasteiger partial charge in [-0.15, -0.1) is 11.8 Å². The van der Waals surface area contributed by atoms with E-state index in [4.69, 9.17) is 11.6 Å². The van der Waals surface area contributed by atoms with Gasteiger partial charge in [-0.25, -0.2) is 4.79 Å². The van der Waals surface area contributed by atoms with Crippen molar-refractivity contribution in [1.29, 1.82) is 0 Å². The average molecular weight is 473 g/mol. The van der Waals surface area contributed by atoms with Crippen LogP contribution in [0.4, 0.5) is 19.0 Å². The number of benzene rings is 1. The molecule has 1 aliphatic carbocycles. The van der Waals surface area contributed by atoms with Crippen molar-refractivity contribution in [2.45, 2.75) is 56.4 Å². The maximum atomic E-state index is 13.9. The lowest BCUT2D eigenvalue weighted by atomic mass is 10.1. The molecule has 3 aliphatic rings. The number of hydrogen-bond donors (Lipinski definition) is 1. The molecule has 0 spiro atoms. The van der Waals surface area contributed by atoms with Gasteiger partial charge < -0.3 is 10.2 Å². The molecule has 5 rings (SSSR count). The number of thioether (sulfide) groups is 1. The molecule has 2 aliphatic heterocycles. The molecule has 31 heavy (non-hydrogen) atoms. The van der Waals surface area contributed by atoms with Crippen molar-refractivity contribution in [3.8, 4) is 0 Å². The van der Waals surface area contributed by atoms with E-state index in [1.54, 1.807) is 4.57 Å². The topological polar surface area (TPSA) is 50.2 Å². The highest BCUT2D eigenvalue weighted by atomic mass is 35.5. The van der Waals surface area contributed by atoms with Crippen LogP contribution >= 0.6 is 23.4 Å². The molecule has 1 aromatic heterocycles. The molecule has 2 fully saturated rings. The molecule has 168 valence electrons. The lowest BCUT2D eigenvalue weighted by Crippen LogP contribution is -2.55. The number of nitrogens with one attached hydrogen (secondary N) is 1. The zero-order valence-corrected chi connectivity index (χ0v) is 18.9.